The number of aromatic nitrogens is 2. The molecule has 5 heteroatoms. The summed E-state index contributed by atoms with van der Waals surface area (Å²) < 4.78 is 0. The molecule has 2 saturated carbocycles. The van der Waals surface area contributed by atoms with Gasteiger partial charge in [-0.05, 0) is 37.0 Å². The van der Waals surface area contributed by atoms with Crippen molar-refractivity contribution in [2.45, 2.75) is 38.5 Å². The van der Waals surface area contributed by atoms with Crippen molar-refractivity contribution >= 4 is 11.8 Å². The van der Waals surface area contributed by atoms with Gasteiger partial charge in [0.15, 0.2) is 5.69 Å². The minimum atomic E-state index is -1.04. The third kappa shape index (κ3) is 2.29. The smallest absolute Gasteiger partial charge is 0.356 e. The van der Waals surface area contributed by atoms with Crippen LogP contribution in [0.4, 0.5) is 5.82 Å². The van der Waals surface area contributed by atoms with Crippen LogP contribution in [0.1, 0.15) is 49.0 Å². The van der Waals surface area contributed by atoms with E-state index >= 15 is 0 Å². The van der Waals surface area contributed by atoms with E-state index in [-0.39, 0.29) is 5.69 Å². The Hall–Kier alpha value is -1.65. The number of carboxylic acids is 1. The highest BCUT2D eigenvalue weighted by Gasteiger charge is 2.45. The molecule has 1 heterocycles. The predicted octanol–water partition coefficient (Wildman–Crippen LogP) is 2.56. The van der Waals surface area contributed by atoms with Gasteiger partial charge in [0.05, 0.1) is 12.4 Å². The van der Waals surface area contributed by atoms with Crippen LogP contribution in [0.15, 0.2) is 12.4 Å². The van der Waals surface area contributed by atoms with Gasteiger partial charge >= 0.3 is 5.97 Å². The molecule has 2 fully saturated rings. The largest absolute Gasteiger partial charge is 0.476 e. The van der Waals surface area contributed by atoms with E-state index in [9.17, 15) is 4.79 Å². The average Bonchev–Trinajstić information content (AvgIpc) is 2.30. The van der Waals surface area contributed by atoms with Crippen molar-refractivity contribution in [3.05, 3.63) is 18.1 Å². The Morgan fingerprint density at radius 2 is 2.11 bits per heavy atom. The topological polar surface area (TPSA) is 75.1 Å². The highest BCUT2D eigenvalue weighted by atomic mass is 16.4. The minimum absolute atomic E-state index is 0.0112. The molecule has 102 valence electrons. The SMILES string of the molecule is O=C(O)c1cnc(NCC2(C3CCC3)CCC2)cn1. The zero-order chi connectivity index (χ0) is 13.3. The first kappa shape index (κ1) is 12.4. The van der Waals surface area contributed by atoms with E-state index in [2.05, 4.69) is 15.3 Å². The van der Waals surface area contributed by atoms with Crippen LogP contribution in [-0.2, 0) is 0 Å². The van der Waals surface area contributed by atoms with Crippen LogP contribution in [0, 0.1) is 11.3 Å². The van der Waals surface area contributed by atoms with Crippen LogP contribution in [-0.4, -0.2) is 27.6 Å². The van der Waals surface area contributed by atoms with Crippen molar-refractivity contribution in [1.82, 2.24) is 9.97 Å². The lowest BCUT2D eigenvalue weighted by Gasteiger charge is -2.52. The lowest BCUT2D eigenvalue weighted by Crippen LogP contribution is -2.46. The molecule has 1 aromatic heterocycles. The molecule has 0 aromatic carbocycles. The fraction of sp³-hybridized carbons (Fsp3) is 0.643. The number of aromatic carboxylic acids is 1. The molecule has 3 rings (SSSR count). The van der Waals surface area contributed by atoms with Gasteiger partial charge < -0.3 is 10.4 Å². The molecule has 0 amide bonds. The molecule has 0 aliphatic heterocycles. The van der Waals surface area contributed by atoms with Crippen LogP contribution in [0.2, 0.25) is 0 Å². The second kappa shape index (κ2) is 4.79. The number of hydrogen-bond donors (Lipinski definition) is 2. The molecule has 0 saturated heterocycles. The normalized spacial score (nSPS) is 21.3. The zero-order valence-electron chi connectivity index (χ0n) is 10.9. The van der Waals surface area contributed by atoms with E-state index in [1.165, 1.54) is 50.9 Å². The van der Waals surface area contributed by atoms with E-state index in [1.54, 1.807) is 0 Å². The van der Waals surface area contributed by atoms with Gasteiger partial charge in [0.25, 0.3) is 0 Å². The molecule has 5 nitrogen and oxygen atoms in total. The molecule has 1 aromatic rings. The summed E-state index contributed by atoms with van der Waals surface area (Å²) in [6, 6.07) is 0. The Kier molecular flexibility index (Phi) is 3.12. The molecule has 0 unspecified atom stereocenters. The molecule has 19 heavy (non-hydrogen) atoms. The van der Waals surface area contributed by atoms with Crippen molar-refractivity contribution in [2.75, 3.05) is 11.9 Å². The number of carboxylic acid groups (broad SMARTS) is 1. The fourth-order valence-electron chi connectivity index (χ4n) is 3.18. The van der Waals surface area contributed by atoms with Crippen LogP contribution < -0.4 is 5.32 Å². The Morgan fingerprint density at radius 1 is 1.32 bits per heavy atom. The molecular weight excluding hydrogens is 242 g/mol. The number of anilines is 1. The third-order valence-corrected chi connectivity index (χ3v) is 4.81. The Labute approximate surface area is 112 Å². The summed E-state index contributed by atoms with van der Waals surface area (Å²) in [4.78, 5) is 18.7. The summed E-state index contributed by atoms with van der Waals surface area (Å²) in [5, 5.41) is 12.1. The quantitative estimate of drug-likeness (QED) is 0.852. The van der Waals surface area contributed by atoms with Gasteiger partial charge in [-0.3, -0.25) is 0 Å². The van der Waals surface area contributed by atoms with Gasteiger partial charge in [0.1, 0.15) is 5.82 Å². The first-order valence-electron chi connectivity index (χ1n) is 6.99. The Bertz CT molecular complexity index is 464. The second-order valence-electron chi connectivity index (χ2n) is 5.79. The van der Waals surface area contributed by atoms with Crippen molar-refractivity contribution in [3.8, 4) is 0 Å². The lowest BCUT2D eigenvalue weighted by atomic mass is 9.55. The Morgan fingerprint density at radius 3 is 2.53 bits per heavy atom. The maximum absolute atomic E-state index is 10.7. The maximum Gasteiger partial charge on any atom is 0.356 e. The Balaban J connectivity index is 1.60. The molecular formula is C14H19N3O2. The summed E-state index contributed by atoms with van der Waals surface area (Å²) >= 11 is 0. The first-order chi connectivity index (χ1) is 9.20. The molecule has 0 spiro atoms. The summed E-state index contributed by atoms with van der Waals surface area (Å²) in [5.41, 5.74) is 0.452. The molecule has 2 aliphatic carbocycles. The highest BCUT2D eigenvalue weighted by molar-refractivity contribution is 5.84. The monoisotopic (exact) mass is 261 g/mol. The van der Waals surface area contributed by atoms with Gasteiger partial charge in [-0.1, -0.05) is 12.8 Å². The van der Waals surface area contributed by atoms with Crippen LogP contribution >= 0.6 is 0 Å². The van der Waals surface area contributed by atoms with Crippen LogP contribution in [0.5, 0.6) is 0 Å². The van der Waals surface area contributed by atoms with Gasteiger partial charge in [0.2, 0.25) is 0 Å². The van der Waals surface area contributed by atoms with Gasteiger partial charge in [-0.2, -0.15) is 0 Å². The highest BCUT2D eigenvalue weighted by Crippen LogP contribution is 2.54. The summed E-state index contributed by atoms with van der Waals surface area (Å²) in [7, 11) is 0. The predicted molar refractivity (Wildman–Crippen MR) is 71.1 cm³/mol. The van der Waals surface area contributed by atoms with E-state index in [4.69, 9.17) is 5.11 Å². The summed E-state index contributed by atoms with van der Waals surface area (Å²) in [6.45, 7) is 0.943. The van der Waals surface area contributed by atoms with Crippen LogP contribution in [0.3, 0.4) is 0 Å². The van der Waals surface area contributed by atoms with E-state index in [0.717, 1.165) is 12.5 Å². The maximum atomic E-state index is 10.7. The average molecular weight is 261 g/mol. The van der Waals surface area contributed by atoms with Crippen molar-refractivity contribution < 1.29 is 9.90 Å². The minimum Gasteiger partial charge on any atom is -0.476 e. The van der Waals surface area contributed by atoms with Crippen molar-refractivity contribution in [3.63, 3.8) is 0 Å². The summed E-state index contributed by atoms with van der Waals surface area (Å²) in [6.07, 6.45) is 10.9. The molecule has 0 atom stereocenters. The van der Waals surface area contributed by atoms with Crippen molar-refractivity contribution in [1.29, 1.82) is 0 Å². The van der Waals surface area contributed by atoms with Gasteiger partial charge in [0, 0.05) is 6.54 Å². The van der Waals surface area contributed by atoms with Crippen molar-refractivity contribution in [2.24, 2.45) is 11.3 Å². The molecule has 2 N–H and O–H groups in total. The fourth-order valence-corrected chi connectivity index (χ4v) is 3.18. The van der Waals surface area contributed by atoms with Gasteiger partial charge in [-0.15, -0.1) is 0 Å². The number of nitrogens with zero attached hydrogens (tertiary/aromatic N) is 2. The number of hydrogen-bond acceptors (Lipinski definition) is 4. The molecule has 0 radical (unpaired) electrons. The number of rotatable bonds is 5. The third-order valence-electron chi connectivity index (χ3n) is 4.81. The molecule has 2 aliphatic rings. The van der Waals surface area contributed by atoms with E-state index < -0.39 is 5.97 Å². The van der Waals surface area contributed by atoms with E-state index in [0.29, 0.717) is 11.2 Å². The van der Waals surface area contributed by atoms with E-state index in [1.807, 2.05) is 0 Å². The lowest BCUT2D eigenvalue weighted by molar-refractivity contribution is 0.0151. The summed E-state index contributed by atoms with van der Waals surface area (Å²) in [5.74, 6) is 0.514. The first-order valence-corrected chi connectivity index (χ1v) is 6.99. The van der Waals surface area contributed by atoms with Crippen LogP contribution in [0.25, 0.3) is 0 Å². The number of nitrogens with one attached hydrogen (secondary N) is 1. The van der Waals surface area contributed by atoms with Gasteiger partial charge in [-0.25, -0.2) is 14.8 Å². The molecule has 0 bridgehead atoms. The second-order valence-corrected chi connectivity index (χ2v) is 5.79. The standard InChI is InChI=1S/C14H19N3O2/c18-13(19)11-7-16-12(8-15-11)17-9-14(5-2-6-14)10-3-1-4-10/h7-8,10H,1-6,9H2,(H,16,17)(H,18,19). The number of carbonyl (C=O) groups is 1. The zero-order valence-corrected chi connectivity index (χ0v) is 10.9.